The van der Waals surface area contributed by atoms with E-state index in [1.54, 1.807) is 23.0 Å². The molecule has 1 saturated heterocycles. The minimum atomic E-state index is -0.00701. The third kappa shape index (κ3) is 3.69. The fourth-order valence-electron chi connectivity index (χ4n) is 3.46. The molecule has 9 heteroatoms. The van der Waals surface area contributed by atoms with Crippen molar-refractivity contribution in [3.63, 3.8) is 0 Å². The Kier molecular flexibility index (Phi) is 4.76. The third-order valence-electron chi connectivity index (χ3n) is 5.11. The summed E-state index contributed by atoms with van der Waals surface area (Å²) in [6.07, 6.45) is 6.93. The van der Waals surface area contributed by atoms with E-state index in [9.17, 15) is 4.79 Å². The van der Waals surface area contributed by atoms with E-state index in [4.69, 9.17) is 9.47 Å². The van der Waals surface area contributed by atoms with Gasteiger partial charge in [0.2, 0.25) is 12.7 Å². The molecule has 9 nitrogen and oxygen atoms in total. The molecule has 0 N–H and O–H groups in total. The lowest BCUT2D eigenvalue weighted by molar-refractivity contribution is -0.126. The molecule has 0 radical (unpaired) electrons. The fraction of sp³-hybridized carbons (Fsp3) is 0.238. The highest BCUT2D eigenvalue weighted by atomic mass is 16.7. The highest BCUT2D eigenvalue weighted by molar-refractivity contribution is 5.92. The first-order chi connectivity index (χ1) is 14.8. The van der Waals surface area contributed by atoms with E-state index in [0.29, 0.717) is 37.7 Å². The van der Waals surface area contributed by atoms with Crippen molar-refractivity contribution < 1.29 is 14.3 Å². The van der Waals surface area contributed by atoms with Crippen LogP contribution in [-0.2, 0) is 4.79 Å². The van der Waals surface area contributed by atoms with Crippen molar-refractivity contribution in [1.29, 1.82) is 0 Å². The number of aromatic nitrogens is 4. The Morgan fingerprint density at radius 1 is 0.967 bits per heavy atom. The normalized spacial score (nSPS) is 15.7. The molecule has 1 aromatic carbocycles. The van der Waals surface area contributed by atoms with Crippen LogP contribution >= 0.6 is 0 Å². The summed E-state index contributed by atoms with van der Waals surface area (Å²) in [5.41, 5.74) is 0.902. The Balaban J connectivity index is 1.17. The second-order valence-corrected chi connectivity index (χ2v) is 6.96. The van der Waals surface area contributed by atoms with Gasteiger partial charge in [0.1, 0.15) is 0 Å². The van der Waals surface area contributed by atoms with Crippen LogP contribution in [0.5, 0.6) is 11.5 Å². The van der Waals surface area contributed by atoms with Crippen LogP contribution in [0.15, 0.2) is 54.9 Å². The summed E-state index contributed by atoms with van der Waals surface area (Å²) in [6.45, 7) is 2.92. The van der Waals surface area contributed by atoms with Crippen LogP contribution in [0.2, 0.25) is 0 Å². The maximum atomic E-state index is 12.6. The lowest BCUT2D eigenvalue weighted by Gasteiger charge is -2.34. The highest BCUT2D eigenvalue weighted by Crippen LogP contribution is 2.32. The maximum absolute atomic E-state index is 12.6. The number of amides is 1. The van der Waals surface area contributed by atoms with Gasteiger partial charge in [0.05, 0.1) is 0 Å². The topological polar surface area (TPSA) is 85.6 Å². The Morgan fingerprint density at radius 3 is 2.53 bits per heavy atom. The zero-order valence-electron chi connectivity index (χ0n) is 16.2. The zero-order chi connectivity index (χ0) is 20.3. The Labute approximate surface area is 173 Å². The molecule has 2 aromatic heterocycles. The van der Waals surface area contributed by atoms with Gasteiger partial charge in [0, 0.05) is 44.6 Å². The molecule has 0 spiro atoms. The van der Waals surface area contributed by atoms with Crippen LogP contribution in [0.4, 0.5) is 5.82 Å². The minimum Gasteiger partial charge on any atom is -0.454 e. The van der Waals surface area contributed by atoms with Gasteiger partial charge in [-0.05, 0) is 42.0 Å². The maximum Gasteiger partial charge on any atom is 0.246 e. The Morgan fingerprint density at radius 2 is 1.77 bits per heavy atom. The molecule has 0 aliphatic carbocycles. The predicted molar refractivity (Wildman–Crippen MR) is 110 cm³/mol. The van der Waals surface area contributed by atoms with Crippen LogP contribution in [-0.4, -0.2) is 63.8 Å². The van der Waals surface area contributed by atoms with Gasteiger partial charge < -0.3 is 19.3 Å². The molecule has 152 valence electrons. The first kappa shape index (κ1) is 18.2. The lowest BCUT2D eigenvalue weighted by atomic mass is 10.2. The van der Waals surface area contributed by atoms with Crippen LogP contribution in [0.25, 0.3) is 11.9 Å². The van der Waals surface area contributed by atoms with E-state index in [-0.39, 0.29) is 12.7 Å². The summed E-state index contributed by atoms with van der Waals surface area (Å²) in [5.74, 6) is 2.90. The highest BCUT2D eigenvalue weighted by Gasteiger charge is 2.21. The number of nitrogens with zero attached hydrogens (tertiary/aromatic N) is 6. The van der Waals surface area contributed by atoms with E-state index < -0.39 is 0 Å². The van der Waals surface area contributed by atoms with Gasteiger partial charge in [0.25, 0.3) is 0 Å². The second-order valence-electron chi connectivity index (χ2n) is 6.96. The molecule has 30 heavy (non-hydrogen) atoms. The predicted octanol–water partition coefficient (Wildman–Crippen LogP) is 1.75. The molecule has 0 atom stereocenters. The SMILES string of the molecule is O=C(/C=C/c1ccc2c(c1)OCO2)N1CCN(c2ccc(-n3cccn3)nn2)CC1. The number of carbonyl (C=O) groups is 1. The first-order valence-corrected chi connectivity index (χ1v) is 9.72. The number of fused-ring (bicyclic) bond motifs is 1. The molecule has 1 amide bonds. The molecule has 3 aromatic rings. The molecular formula is C21H20N6O3. The first-order valence-electron chi connectivity index (χ1n) is 9.72. The Bertz CT molecular complexity index is 1060. The Hall–Kier alpha value is -3.88. The average molecular weight is 404 g/mol. The molecule has 1 fully saturated rings. The van der Waals surface area contributed by atoms with E-state index in [0.717, 1.165) is 17.1 Å². The summed E-state index contributed by atoms with van der Waals surface area (Å²) in [5, 5.41) is 12.7. The second kappa shape index (κ2) is 7.86. The number of ether oxygens (including phenoxy) is 2. The number of rotatable bonds is 4. The van der Waals surface area contributed by atoms with Crippen LogP contribution in [0.1, 0.15) is 5.56 Å². The van der Waals surface area contributed by atoms with Gasteiger partial charge >= 0.3 is 0 Å². The van der Waals surface area contributed by atoms with Crippen molar-refractivity contribution in [2.45, 2.75) is 0 Å². The van der Waals surface area contributed by atoms with Gasteiger partial charge in [-0.1, -0.05) is 6.07 Å². The smallest absolute Gasteiger partial charge is 0.246 e. The van der Waals surface area contributed by atoms with Crippen LogP contribution in [0.3, 0.4) is 0 Å². The van der Waals surface area contributed by atoms with E-state index in [1.807, 2.05) is 47.5 Å². The van der Waals surface area contributed by atoms with Crippen molar-refractivity contribution in [3.05, 3.63) is 60.4 Å². The number of hydrogen-bond acceptors (Lipinski definition) is 7. The standard InChI is InChI=1S/C21H20N6O3/c28-21(7-3-16-2-4-17-18(14-16)30-15-29-17)26-12-10-25(11-13-26)19-5-6-20(24-23-19)27-9-1-8-22-27/h1-9,14H,10-13,15H2/b7-3+. The third-order valence-corrected chi connectivity index (χ3v) is 5.11. The number of anilines is 1. The summed E-state index contributed by atoms with van der Waals surface area (Å²) in [4.78, 5) is 16.5. The number of piperazine rings is 1. The lowest BCUT2D eigenvalue weighted by Crippen LogP contribution is -2.48. The average Bonchev–Trinajstić information content (AvgIpc) is 3.49. The minimum absolute atomic E-state index is 0.00701. The van der Waals surface area contributed by atoms with Crippen LogP contribution in [0, 0.1) is 0 Å². The zero-order valence-corrected chi connectivity index (χ0v) is 16.2. The fourth-order valence-corrected chi connectivity index (χ4v) is 3.46. The van der Waals surface area contributed by atoms with Gasteiger partial charge in [0.15, 0.2) is 23.1 Å². The van der Waals surface area contributed by atoms with E-state index >= 15 is 0 Å². The molecule has 0 unspecified atom stereocenters. The van der Waals surface area contributed by atoms with E-state index in [1.165, 1.54) is 0 Å². The van der Waals surface area contributed by atoms with Gasteiger partial charge in [-0.15, -0.1) is 10.2 Å². The molecule has 2 aliphatic heterocycles. The molecular weight excluding hydrogens is 384 g/mol. The molecule has 4 heterocycles. The molecule has 2 aliphatic rings. The van der Waals surface area contributed by atoms with Gasteiger partial charge in [-0.25, -0.2) is 4.68 Å². The van der Waals surface area contributed by atoms with Crippen molar-refractivity contribution in [2.75, 3.05) is 37.9 Å². The van der Waals surface area contributed by atoms with Crippen molar-refractivity contribution >= 4 is 17.8 Å². The largest absolute Gasteiger partial charge is 0.454 e. The number of carbonyl (C=O) groups excluding carboxylic acids is 1. The summed E-state index contributed by atoms with van der Waals surface area (Å²) in [6, 6.07) is 11.3. The molecule has 0 bridgehead atoms. The van der Waals surface area contributed by atoms with Gasteiger partial charge in [-0.2, -0.15) is 5.10 Å². The van der Waals surface area contributed by atoms with Crippen molar-refractivity contribution in [2.24, 2.45) is 0 Å². The summed E-state index contributed by atoms with van der Waals surface area (Å²) < 4.78 is 12.3. The summed E-state index contributed by atoms with van der Waals surface area (Å²) >= 11 is 0. The van der Waals surface area contributed by atoms with Crippen LogP contribution < -0.4 is 14.4 Å². The van der Waals surface area contributed by atoms with Gasteiger partial charge in [-0.3, -0.25) is 4.79 Å². The van der Waals surface area contributed by atoms with Crippen molar-refractivity contribution in [3.8, 4) is 17.3 Å². The monoisotopic (exact) mass is 404 g/mol. The number of hydrogen-bond donors (Lipinski definition) is 0. The quantitative estimate of drug-likeness (QED) is 0.613. The number of benzene rings is 1. The van der Waals surface area contributed by atoms with E-state index in [2.05, 4.69) is 20.2 Å². The molecule has 0 saturated carbocycles. The van der Waals surface area contributed by atoms with Crippen molar-refractivity contribution in [1.82, 2.24) is 24.9 Å². The summed E-state index contributed by atoms with van der Waals surface area (Å²) in [7, 11) is 0. The molecule has 5 rings (SSSR count).